The van der Waals surface area contributed by atoms with Gasteiger partial charge in [-0.15, -0.1) is 0 Å². The highest BCUT2D eigenvalue weighted by atomic mass is 32.2. The Labute approximate surface area is 127 Å². The Bertz CT molecular complexity index is 608. The van der Waals surface area contributed by atoms with Crippen molar-refractivity contribution in [2.75, 3.05) is 18.6 Å². The van der Waals surface area contributed by atoms with E-state index in [0.717, 1.165) is 6.42 Å². The number of benzene rings is 1. The van der Waals surface area contributed by atoms with Crippen molar-refractivity contribution in [3.05, 3.63) is 35.9 Å². The van der Waals surface area contributed by atoms with Crippen LogP contribution in [0.25, 0.3) is 0 Å². The molecule has 1 heterocycles. The Balaban J connectivity index is 2.12. The van der Waals surface area contributed by atoms with Crippen molar-refractivity contribution in [1.29, 1.82) is 0 Å². The molecule has 1 aliphatic rings. The molecule has 2 rings (SSSR count). The lowest BCUT2D eigenvalue weighted by molar-refractivity contribution is -0.134. The summed E-state index contributed by atoms with van der Waals surface area (Å²) in [7, 11) is -3.10. The summed E-state index contributed by atoms with van der Waals surface area (Å²) in [6.07, 6.45) is 2.16. The molecule has 1 aromatic carbocycles. The van der Waals surface area contributed by atoms with Gasteiger partial charge < -0.3 is 4.90 Å². The summed E-state index contributed by atoms with van der Waals surface area (Å²) in [4.78, 5) is 14.2. The van der Waals surface area contributed by atoms with E-state index in [1.165, 1.54) is 11.8 Å². The van der Waals surface area contributed by atoms with E-state index in [4.69, 9.17) is 0 Å². The Morgan fingerprint density at radius 3 is 2.48 bits per heavy atom. The van der Waals surface area contributed by atoms with Gasteiger partial charge in [-0.1, -0.05) is 30.3 Å². The van der Waals surface area contributed by atoms with E-state index in [1.807, 2.05) is 23.1 Å². The lowest BCUT2D eigenvalue weighted by atomic mass is 9.82. The Kier molecular flexibility index (Phi) is 4.42. The lowest BCUT2D eigenvalue weighted by Crippen LogP contribution is -2.45. The number of likely N-dealkylation sites (tertiary alicyclic amines) is 1. The Morgan fingerprint density at radius 1 is 1.29 bits per heavy atom. The van der Waals surface area contributed by atoms with Gasteiger partial charge in [-0.3, -0.25) is 4.79 Å². The molecule has 0 spiro atoms. The third-order valence-corrected chi connectivity index (χ3v) is 5.33. The van der Waals surface area contributed by atoms with Crippen molar-refractivity contribution < 1.29 is 13.2 Å². The maximum absolute atomic E-state index is 12.3. The van der Waals surface area contributed by atoms with Crippen LogP contribution in [0.4, 0.5) is 0 Å². The fourth-order valence-electron chi connectivity index (χ4n) is 3.20. The van der Waals surface area contributed by atoms with Crippen LogP contribution < -0.4 is 0 Å². The first kappa shape index (κ1) is 16.0. The van der Waals surface area contributed by atoms with Gasteiger partial charge in [0.25, 0.3) is 0 Å². The molecule has 0 N–H and O–H groups in total. The molecule has 1 fully saturated rings. The van der Waals surface area contributed by atoms with Crippen LogP contribution in [-0.4, -0.2) is 43.3 Å². The van der Waals surface area contributed by atoms with Gasteiger partial charge in [0.2, 0.25) is 5.91 Å². The van der Waals surface area contributed by atoms with Crippen molar-refractivity contribution in [1.82, 2.24) is 4.90 Å². The fraction of sp³-hybridized carbons (Fsp3) is 0.562. The van der Waals surface area contributed by atoms with Crippen LogP contribution >= 0.6 is 0 Å². The van der Waals surface area contributed by atoms with Crippen LogP contribution in [-0.2, 0) is 14.6 Å². The summed E-state index contributed by atoms with van der Waals surface area (Å²) in [5.74, 6) is 0.152. The molecule has 0 radical (unpaired) electrons. The zero-order valence-corrected chi connectivity index (χ0v) is 13.7. The van der Waals surface area contributed by atoms with Gasteiger partial charge in [-0.2, -0.15) is 0 Å². The summed E-state index contributed by atoms with van der Waals surface area (Å²) in [5, 5.41) is 0. The standard InChI is InChI=1S/C16H23NO3S/c1-16(2)14(13-7-5-4-6-8-13)9-11-17(16)15(18)10-12-21(3,19)20/h4-8,14H,9-12H2,1-3H3. The molecule has 21 heavy (non-hydrogen) atoms. The maximum Gasteiger partial charge on any atom is 0.224 e. The zero-order valence-electron chi connectivity index (χ0n) is 12.9. The van der Waals surface area contributed by atoms with Crippen molar-refractivity contribution in [2.45, 2.75) is 38.1 Å². The summed E-state index contributed by atoms with van der Waals surface area (Å²) >= 11 is 0. The molecule has 1 atom stereocenters. The average molecular weight is 309 g/mol. The number of carbonyl (C=O) groups excluding carboxylic acids is 1. The largest absolute Gasteiger partial charge is 0.337 e. The number of sulfone groups is 1. The highest BCUT2D eigenvalue weighted by Gasteiger charge is 2.44. The van der Waals surface area contributed by atoms with Crippen LogP contribution in [0.3, 0.4) is 0 Å². The summed E-state index contributed by atoms with van der Waals surface area (Å²) in [5.41, 5.74) is 0.955. The molecule has 1 saturated heterocycles. The second kappa shape index (κ2) is 5.79. The molecule has 5 heteroatoms. The third-order valence-electron chi connectivity index (χ3n) is 4.38. The quantitative estimate of drug-likeness (QED) is 0.857. The topological polar surface area (TPSA) is 54.5 Å². The highest BCUT2D eigenvalue weighted by Crippen LogP contribution is 2.41. The predicted octanol–water partition coefficient (Wildman–Crippen LogP) is 2.22. The van der Waals surface area contributed by atoms with Crippen LogP contribution in [0, 0.1) is 0 Å². The number of carbonyl (C=O) groups is 1. The van der Waals surface area contributed by atoms with E-state index in [-0.39, 0.29) is 23.6 Å². The van der Waals surface area contributed by atoms with Gasteiger partial charge >= 0.3 is 0 Å². The second-order valence-electron chi connectivity index (χ2n) is 6.33. The maximum atomic E-state index is 12.3. The minimum Gasteiger partial charge on any atom is -0.337 e. The minimum absolute atomic E-state index is 0.0659. The number of amides is 1. The number of rotatable bonds is 4. The van der Waals surface area contributed by atoms with E-state index in [0.29, 0.717) is 12.5 Å². The molecule has 1 aliphatic heterocycles. The van der Waals surface area contributed by atoms with Crippen molar-refractivity contribution in [3.63, 3.8) is 0 Å². The molecule has 4 nitrogen and oxygen atoms in total. The van der Waals surface area contributed by atoms with Gasteiger partial charge in [0.15, 0.2) is 0 Å². The van der Waals surface area contributed by atoms with E-state index in [2.05, 4.69) is 26.0 Å². The number of nitrogens with zero attached hydrogens (tertiary/aromatic N) is 1. The van der Waals surface area contributed by atoms with Crippen molar-refractivity contribution in [2.24, 2.45) is 0 Å². The minimum atomic E-state index is -3.10. The van der Waals surface area contributed by atoms with Gasteiger partial charge in [0.1, 0.15) is 9.84 Å². The number of hydrogen-bond acceptors (Lipinski definition) is 3. The SMILES string of the molecule is CC1(C)C(c2ccccc2)CCN1C(=O)CCS(C)(=O)=O. The van der Waals surface area contributed by atoms with Crippen LogP contribution in [0.1, 0.15) is 38.2 Å². The third kappa shape index (κ3) is 3.64. The van der Waals surface area contributed by atoms with Crippen LogP contribution in [0.15, 0.2) is 30.3 Å². The molecule has 0 saturated carbocycles. The van der Waals surface area contributed by atoms with E-state index in [9.17, 15) is 13.2 Å². The Morgan fingerprint density at radius 2 is 1.90 bits per heavy atom. The van der Waals surface area contributed by atoms with Crippen LogP contribution in [0.5, 0.6) is 0 Å². The molecule has 1 amide bonds. The highest BCUT2D eigenvalue weighted by molar-refractivity contribution is 7.90. The van der Waals surface area contributed by atoms with Crippen molar-refractivity contribution >= 4 is 15.7 Å². The molecule has 1 aromatic rings. The summed E-state index contributed by atoms with van der Waals surface area (Å²) in [6.45, 7) is 4.82. The molecule has 0 aromatic heterocycles. The smallest absolute Gasteiger partial charge is 0.224 e. The first-order valence-corrected chi connectivity index (χ1v) is 9.31. The monoisotopic (exact) mass is 309 g/mol. The zero-order chi connectivity index (χ0) is 15.7. The molecular formula is C16H23NO3S. The normalized spacial score (nSPS) is 21.5. The van der Waals surface area contributed by atoms with Crippen molar-refractivity contribution in [3.8, 4) is 0 Å². The molecule has 0 aliphatic carbocycles. The van der Waals surface area contributed by atoms with Gasteiger partial charge in [0.05, 0.1) is 5.75 Å². The molecule has 1 unspecified atom stereocenters. The first-order valence-electron chi connectivity index (χ1n) is 7.25. The molecular weight excluding hydrogens is 286 g/mol. The fourth-order valence-corrected chi connectivity index (χ4v) is 3.75. The van der Waals surface area contributed by atoms with E-state index >= 15 is 0 Å². The first-order chi connectivity index (χ1) is 9.72. The average Bonchev–Trinajstić information content (AvgIpc) is 2.71. The second-order valence-corrected chi connectivity index (χ2v) is 8.59. The lowest BCUT2D eigenvalue weighted by Gasteiger charge is -2.36. The molecule has 0 bridgehead atoms. The van der Waals surface area contributed by atoms with Gasteiger partial charge in [-0.25, -0.2) is 8.42 Å². The Hall–Kier alpha value is -1.36. The van der Waals surface area contributed by atoms with E-state index < -0.39 is 9.84 Å². The molecule has 116 valence electrons. The summed E-state index contributed by atoms with van der Waals surface area (Å²) in [6, 6.07) is 10.2. The summed E-state index contributed by atoms with van der Waals surface area (Å²) < 4.78 is 22.5. The van der Waals surface area contributed by atoms with E-state index in [1.54, 1.807) is 0 Å². The van der Waals surface area contributed by atoms with Crippen LogP contribution in [0.2, 0.25) is 0 Å². The number of hydrogen-bond donors (Lipinski definition) is 0. The van der Waals surface area contributed by atoms with Gasteiger partial charge in [-0.05, 0) is 25.8 Å². The predicted molar refractivity (Wildman–Crippen MR) is 83.9 cm³/mol. The van der Waals surface area contributed by atoms with Gasteiger partial charge in [0, 0.05) is 30.7 Å².